The van der Waals surface area contributed by atoms with Crippen molar-refractivity contribution >= 4 is 37.3 Å². The van der Waals surface area contributed by atoms with Crippen LogP contribution in [0.5, 0.6) is 0 Å². The van der Waals surface area contributed by atoms with Crippen molar-refractivity contribution in [2.24, 2.45) is 0 Å². The number of fused-ring (bicyclic) bond motifs is 3. The van der Waals surface area contributed by atoms with Crippen LogP contribution >= 0.6 is 24.8 Å². The zero-order valence-electron chi connectivity index (χ0n) is 21.7. The van der Waals surface area contributed by atoms with E-state index in [2.05, 4.69) is 97.8 Å². The molecule has 0 atom stereocenters. The first-order valence-corrected chi connectivity index (χ1v) is 14.6. The average molecular weight is 578 g/mol. The fourth-order valence-corrected chi connectivity index (χ4v) is 4.55. The second-order valence-electron chi connectivity index (χ2n) is 10.2. The standard InChI is InChI=1S/C27H31.2CH3.2ClH.Si.Zr/c1-17-24-20(14-19-15-21(26(2,3)4)12-13-22(19)24)16-23(27(5,6)7)25(17)18-10-8-9-11-18;;;;;;/h8-10,12-13,15H,11,14H2,1-7H3;2*1H3;2*1H;;/q3*-1;;;;. The number of allylic oxidation sites excluding steroid dienone is 4. The van der Waals surface area contributed by atoms with Gasteiger partial charge in [0.15, 0.2) is 0 Å². The Bertz CT molecular complexity index is 1020. The van der Waals surface area contributed by atoms with Gasteiger partial charge in [-0.05, 0) is 34.8 Å². The van der Waals surface area contributed by atoms with E-state index in [4.69, 9.17) is 0 Å². The van der Waals surface area contributed by atoms with Crippen LogP contribution in [0.4, 0.5) is 0 Å². The third kappa shape index (κ3) is 6.84. The monoisotopic (exact) mass is 575 g/mol. The van der Waals surface area contributed by atoms with Crippen LogP contribution in [0.3, 0.4) is 0 Å². The molecule has 2 aliphatic carbocycles. The molecule has 0 aliphatic heterocycles. The Morgan fingerprint density at radius 3 is 2.00 bits per heavy atom. The van der Waals surface area contributed by atoms with Crippen LogP contribution in [0.1, 0.15) is 81.3 Å². The molecular formula is C29H39Cl2SiZr-3. The third-order valence-corrected chi connectivity index (χ3v) is 6.03. The molecule has 4 rings (SSSR count). The van der Waals surface area contributed by atoms with E-state index in [1.54, 1.807) is 0 Å². The van der Waals surface area contributed by atoms with Gasteiger partial charge in [-0.1, -0.05) is 96.0 Å². The van der Waals surface area contributed by atoms with Crippen molar-refractivity contribution in [3.05, 3.63) is 90.7 Å². The van der Waals surface area contributed by atoms with Crippen LogP contribution in [0, 0.1) is 27.8 Å². The summed E-state index contributed by atoms with van der Waals surface area (Å²) in [6.45, 7) is 19.2. The molecule has 0 bridgehead atoms. The Kier molecular flexibility index (Phi) is 13.8. The van der Waals surface area contributed by atoms with Crippen molar-refractivity contribution in [1.29, 1.82) is 0 Å². The van der Waals surface area contributed by atoms with Crippen molar-refractivity contribution in [2.45, 2.75) is 72.1 Å². The normalized spacial score (nSPS) is 13.0. The van der Waals surface area contributed by atoms with E-state index in [0.29, 0.717) is 0 Å². The molecule has 2 aromatic carbocycles. The molecule has 2 aromatic rings. The van der Waals surface area contributed by atoms with Crippen LogP contribution in [-0.2, 0) is 40.6 Å². The van der Waals surface area contributed by atoms with Crippen molar-refractivity contribution in [3.8, 4) is 11.1 Å². The van der Waals surface area contributed by atoms with Gasteiger partial charge in [0.1, 0.15) is 0 Å². The summed E-state index contributed by atoms with van der Waals surface area (Å²) in [4.78, 5) is 0. The average Bonchev–Trinajstić information content (AvgIpc) is 3.28. The summed E-state index contributed by atoms with van der Waals surface area (Å²) in [5.41, 5.74) is 13.1. The van der Waals surface area contributed by atoms with Crippen LogP contribution < -0.4 is 0 Å². The first-order chi connectivity index (χ1) is 13.6. The molecule has 0 amide bonds. The van der Waals surface area contributed by atoms with Gasteiger partial charge in [0.05, 0.1) is 0 Å². The Labute approximate surface area is 233 Å². The van der Waals surface area contributed by atoms with E-state index < -0.39 is 0 Å². The van der Waals surface area contributed by atoms with Gasteiger partial charge in [-0.15, -0.1) is 52.6 Å². The van der Waals surface area contributed by atoms with Gasteiger partial charge in [-0.3, -0.25) is 0 Å². The second kappa shape index (κ2) is 13.1. The third-order valence-electron chi connectivity index (χ3n) is 6.03. The zero-order chi connectivity index (χ0) is 21.6. The second-order valence-corrected chi connectivity index (χ2v) is 10.2. The van der Waals surface area contributed by atoms with Gasteiger partial charge in [-0.25, -0.2) is 0 Å². The molecule has 0 spiro atoms. The van der Waals surface area contributed by atoms with E-state index in [1.807, 2.05) is 0 Å². The van der Waals surface area contributed by atoms with Crippen LogP contribution in [0.25, 0.3) is 16.7 Å². The van der Waals surface area contributed by atoms with Crippen molar-refractivity contribution < 1.29 is 23.3 Å². The Balaban J connectivity index is 0. The van der Waals surface area contributed by atoms with Crippen molar-refractivity contribution in [3.63, 3.8) is 0 Å². The SMILES string of the molecule is Cc1c(C2=CC=CC2)c(C(C)(C)C)[c-]c2c1-c1ccc(C(C)(C)C)cc1C2.Cl.Cl.[CH3-].[CH3-].[Si]=[Zr]. The fourth-order valence-electron chi connectivity index (χ4n) is 4.55. The summed E-state index contributed by atoms with van der Waals surface area (Å²) < 4.78 is 0. The predicted molar refractivity (Wildman–Crippen MR) is 150 cm³/mol. The molecule has 0 saturated carbocycles. The van der Waals surface area contributed by atoms with Gasteiger partial charge >= 0.3 is 30.2 Å². The summed E-state index contributed by atoms with van der Waals surface area (Å²) in [6.07, 6.45) is 8.79. The number of benzene rings is 2. The topological polar surface area (TPSA) is 0 Å². The van der Waals surface area contributed by atoms with Crippen LogP contribution in [-0.4, -0.2) is 6.88 Å². The molecule has 2 radical (unpaired) electrons. The van der Waals surface area contributed by atoms with E-state index in [0.717, 1.165) is 12.8 Å². The van der Waals surface area contributed by atoms with Crippen molar-refractivity contribution in [2.75, 3.05) is 0 Å². The summed E-state index contributed by atoms with van der Waals surface area (Å²) in [7, 11) is 0. The van der Waals surface area contributed by atoms with Gasteiger partial charge < -0.3 is 14.9 Å². The first kappa shape index (κ1) is 34.8. The molecule has 0 unspecified atom stereocenters. The molecule has 0 fully saturated rings. The van der Waals surface area contributed by atoms with Crippen LogP contribution in [0.15, 0.2) is 36.4 Å². The quantitative estimate of drug-likeness (QED) is 0.201. The molecule has 33 heavy (non-hydrogen) atoms. The number of hydrogen-bond acceptors (Lipinski definition) is 0. The number of rotatable bonds is 1. The molecule has 180 valence electrons. The first-order valence-electron chi connectivity index (χ1n) is 10.4. The van der Waals surface area contributed by atoms with Gasteiger partial charge in [0.25, 0.3) is 0 Å². The minimum absolute atomic E-state index is 0. The molecule has 2 aliphatic rings. The van der Waals surface area contributed by atoms with Gasteiger partial charge in [0.2, 0.25) is 0 Å². The van der Waals surface area contributed by atoms with Crippen LogP contribution in [0.2, 0.25) is 0 Å². The summed E-state index contributed by atoms with van der Waals surface area (Å²) in [5.74, 6) is 0. The maximum absolute atomic E-state index is 3.89. The molecular weight excluding hydrogens is 539 g/mol. The number of halogens is 2. The summed E-state index contributed by atoms with van der Waals surface area (Å²) >= 11 is 1.36. The summed E-state index contributed by atoms with van der Waals surface area (Å²) in [5, 5.41) is 0. The zero-order valence-corrected chi connectivity index (χ0v) is 26.8. The van der Waals surface area contributed by atoms with Gasteiger partial charge in [0, 0.05) is 0 Å². The molecule has 0 aromatic heterocycles. The fraction of sp³-hybridized carbons (Fsp3) is 0.379. The Hall–Kier alpha value is -0.400. The Morgan fingerprint density at radius 1 is 0.909 bits per heavy atom. The maximum atomic E-state index is 3.89. The van der Waals surface area contributed by atoms with Gasteiger partial charge in [-0.2, -0.15) is 6.07 Å². The Morgan fingerprint density at radius 2 is 1.52 bits per heavy atom. The van der Waals surface area contributed by atoms with Crippen molar-refractivity contribution in [1.82, 2.24) is 0 Å². The molecule has 0 heterocycles. The summed E-state index contributed by atoms with van der Waals surface area (Å²) in [6, 6.07) is 11.0. The molecule has 0 saturated heterocycles. The van der Waals surface area contributed by atoms with E-state index >= 15 is 0 Å². The predicted octanol–water partition coefficient (Wildman–Crippen LogP) is 8.67. The molecule has 4 heteroatoms. The molecule has 0 N–H and O–H groups in total. The minimum atomic E-state index is 0. The van der Waals surface area contributed by atoms with E-state index in [1.165, 1.54) is 73.4 Å². The van der Waals surface area contributed by atoms with E-state index in [9.17, 15) is 0 Å². The molecule has 0 nitrogen and oxygen atoms in total. The van der Waals surface area contributed by atoms with E-state index in [-0.39, 0.29) is 50.5 Å². The number of hydrogen-bond donors (Lipinski definition) is 0.